The average molecular weight is 374 g/mol. The smallest absolute Gasteiger partial charge is 0.407 e. The predicted molar refractivity (Wildman–Crippen MR) is 90.5 cm³/mol. The molecule has 4 saturated heterocycles. The zero-order chi connectivity index (χ0) is 19.2. The number of hydrogen-bond acceptors (Lipinski definition) is 8. The molecule has 26 heavy (non-hydrogen) atoms. The van der Waals surface area contributed by atoms with Crippen molar-refractivity contribution < 1.29 is 33.6 Å². The molecule has 2 bridgehead atoms. The summed E-state index contributed by atoms with van der Waals surface area (Å²) in [7, 11) is 0. The summed E-state index contributed by atoms with van der Waals surface area (Å²) in [6.07, 6.45) is -1.38. The number of carbonyl (C=O) groups excluding carboxylic acids is 1. The lowest BCUT2D eigenvalue weighted by Crippen LogP contribution is -2.79. The summed E-state index contributed by atoms with van der Waals surface area (Å²) in [6.45, 7) is 10.0. The first-order valence-corrected chi connectivity index (χ1v) is 8.97. The number of carbonyl (C=O) groups is 1. The van der Waals surface area contributed by atoms with Gasteiger partial charge in [-0.25, -0.2) is 4.79 Å². The third-order valence-corrected chi connectivity index (χ3v) is 4.69. The largest absolute Gasteiger partial charge is 0.444 e. The van der Waals surface area contributed by atoms with Crippen molar-refractivity contribution in [2.45, 2.75) is 69.5 Å². The first-order valence-electron chi connectivity index (χ1n) is 8.97. The molecule has 0 spiro atoms. The highest BCUT2D eigenvalue weighted by atomic mass is 16.8. The van der Waals surface area contributed by atoms with Crippen LogP contribution in [0.4, 0.5) is 4.79 Å². The van der Waals surface area contributed by atoms with Crippen LogP contribution in [0.1, 0.15) is 34.6 Å². The second kappa shape index (κ2) is 6.57. The topological polar surface area (TPSA) is 108 Å². The summed E-state index contributed by atoms with van der Waals surface area (Å²) in [5, 5.41) is 15.1. The van der Waals surface area contributed by atoms with Gasteiger partial charge in [0.2, 0.25) is 0 Å². The van der Waals surface area contributed by atoms with E-state index in [1.807, 2.05) is 13.8 Å². The summed E-state index contributed by atoms with van der Waals surface area (Å²) in [5.41, 5.74) is -2.33. The van der Waals surface area contributed by atoms with Crippen LogP contribution in [-0.4, -0.2) is 79.0 Å². The molecule has 3 N–H and O–H groups in total. The molecule has 4 atom stereocenters. The van der Waals surface area contributed by atoms with E-state index in [0.717, 1.165) is 0 Å². The summed E-state index contributed by atoms with van der Waals surface area (Å²) in [6, 6.07) is 0. The number of aliphatic hydroxyl groups excluding tert-OH is 1. The molecule has 4 aliphatic rings. The maximum Gasteiger partial charge on any atom is 0.407 e. The molecule has 0 aliphatic carbocycles. The number of hydrogen-bond donors (Lipinski definition) is 3. The van der Waals surface area contributed by atoms with Gasteiger partial charge >= 0.3 is 6.09 Å². The third kappa shape index (κ3) is 3.69. The standard InChI is InChI=1S/C17H30N2O7/c1-14(2,3)26-13(21)18-8-16-9-23-17(10-22-16,19-6-7-20)12-11(16)24-15(4,5)25-12/h11-12,19-20H,6-10H2,1-5H3,(H,18,21)/t11?,12?,16?,17-/m1/s1. The Balaban J connectivity index is 1.74. The van der Waals surface area contributed by atoms with E-state index in [4.69, 9.17) is 28.8 Å². The van der Waals surface area contributed by atoms with Crippen LogP contribution in [0.15, 0.2) is 0 Å². The molecule has 0 aromatic heterocycles. The Hall–Kier alpha value is -0.970. The van der Waals surface area contributed by atoms with Gasteiger partial charge in [0.1, 0.15) is 23.4 Å². The lowest BCUT2D eigenvalue weighted by atomic mass is 9.81. The van der Waals surface area contributed by atoms with Crippen LogP contribution >= 0.6 is 0 Å². The molecular formula is C17H30N2O7. The summed E-state index contributed by atoms with van der Waals surface area (Å²) in [4.78, 5) is 12.1. The van der Waals surface area contributed by atoms with Gasteiger partial charge in [-0.15, -0.1) is 0 Å². The molecule has 1 amide bonds. The van der Waals surface area contributed by atoms with Gasteiger partial charge in [-0.1, -0.05) is 0 Å². The maximum absolute atomic E-state index is 12.1. The molecule has 4 rings (SSSR count). The van der Waals surface area contributed by atoms with Crippen molar-refractivity contribution >= 4 is 6.09 Å². The molecule has 4 aliphatic heterocycles. The molecule has 4 heterocycles. The van der Waals surface area contributed by atoms with E-state index in [-0.39, 0.29) is 26.4 Å². The molecule has 9 heteroatoms. The number of amides is 1. The number of aliphatic hydroxyl groups is 1. The van der Waals surface area contributed by atoms with Crippen molar-refractivity contribution in [1.29, 1.82) is 0 Å². The summed E-state index contributed by atoms with van der Waals surface area (Å²) >= 11 is 0. The molecule has 9 nitrogen and oxygen atoms in total. The Labute approximate surface area is 153 Å². The van der Waals surface area contributed by atoms with Crippen LogP contribution in [0.2, 0.25) is 0 Å². The Kier molecular flexibility index (Phi) is 5.00. The molecular weight excluding hydrogens is 344 g/mol. The quantitative estimate of drug-likeness (QED) is 0.622. The first-order chi connectivity index (χ1) is 12.0. The molecule has 4 fully saturated rings. The van der Waals surface area contributed by atoms with Crippen LogP contribution in [0, 0.1) is 0 Å². The Morgan fingerprint density at radius 1 is 1.19 bits per heavy atom. The highest BCUT2D eigenvalue weighted by molar-refractivity contribution is 5.67. The van der Waals surface area contributed by atoms with E-state index in [9.17, 15) is 4.79 Å². The van der Waals surface area contributed by atoms with Crippen molar-refractivity contribution in [2.75, 3.05) is 32.9 Å². The molecule has 0 aromatic rings. The Morgan fingerprint density at radius 3 is 2.46 bits per heavy atom. The number of nitrogens with one attached hydrogen (secondary N) is 2. The van der Waals surface area contributed by atoms with Crippen LogP contribution in [-0.2, 0) is 23.7 Å². The lowest BCUT2D eigenvalue weighted by Gasteiger charge is -2.57. The fraction of sp³-hybridized carbons (Fsp3) is 0.941. The van der Waals surface area contributed by atoms with Crippen molar-refractivity contribution in [2.24, 2.45) is 0 Å². The summed E-state index contributed by atoms with van der Waals surface area (Å²) < 4.78 is 29.7. The van der Waals surface area contributed by atoms with Gasteiger partial charge in [-0.2, -0.15) is 0 Å². The molecule has 0 aromatic carbocycles. The number of fused-ring (bicyclic) bond motifs is 2. The van der Waals surface area contributed by atoms with E-state index < -0.39 is 41.0 Å². The monoisotopic (exact) mass is 374 g/mol. The molecule has 0 radical (unpaired) electrons. The maximum atomic E-state index is 12.1. The number of rotatable bonds is 5. The van der Waals surface area contributed by atoms with E-state index in [1.54, 1.807) is 20.8 Å². The average Bonchev–Trinajstić information content (AvgIpc) is 2.88. The Morgan fingerprint density at radius 2 is 1.88 bits per heavy atom. The fourth-order valence-electron chi connectivity index (χ4n) is 3.61. The molecule has 3 unspecified atom stereocenters. The van der Waals surface area contributed by atoms with E-state index in [0.29, 0.717) is 6.54 Å². The van der Waals surface area contributed by atoms with Crippen LogP contribution < -0.4 is 10.6 Å². The zero-order valence-corrected chi connectivity index (χ0v) is 16.1. The predicted octanol–water partition coefficient (Wildman–Crippen LogP) is 0.109. The van der Waals surface area contributed by atoms with Crippen molar-refractivity contribution in [3.8, 4) is 0 Å². The molecule has 0 saturated carbocycles. The van der Waals surface area contributed by atoms with Crippen molar-refractivity contribution in [1.82, 2.24) is 10.6 Å². The fourth-order valence-corrected chi connectivity index (χ4v) is 3.61. The third-order valence-electron chi connectivity index (χ3n) is 4.69. The Bertz CT molecular complexity index is 538. The van der Waals surface area contributed by atoms with Crippen LogP contribution in [0.25, 0.3) is 0 Å². The number of ether oxygens (including phenoxy) is 5. The molecule has 150 valence electrons. The SMILES string of the molecule is CC(C)(C)OC(=O)NCC12CO[C@](NCCO)(CO1)C1OC(C)(C)OC12. The minimum Gasteiger partial charge on any atom is -0.444 e. The van der Waals surface area contributed by atoms with Gasteiger partial charge < -0.3 is 34.1 Å². The second-order valence-corrected chi connectivity index (χ2v) is 8.51. The van der Waals surface area contributed by atoms with Gasteiger partial charge in [0, 0.05) is 6.54 Å². The van der Waals surface area contributed by atoms with Crippen molar-refractivity contribution in [3.63, 3.8) is 0 Å². The van der Waals surface area contributed by atoms with Crippen LogP contribution in [0.3, 0.4) is 0 Å². The highest BCUT2D eigenvalue weighted by Gasteiger charge is 2.69. The van der Waals surface area contributed by atoms with Gasteiger partial charge in [0.05, 0.1) is 26.4 Å². The van der Waals surface area contributed by atoms with Crippen LogP contribution in [0.5, 0.6) is 0 Å². The second-order valence-electron chi connectivity index (χ2n) is 8.51. The van der Waals surface area contributed by atoms with Gasteiger partial charge in [0.25, 0.3) is 0 Å². The summed E-state index contributed by atoms with van der Waals surface area (Å²) in [5.74, 6) is -0.806. The van der Waals surface area contributed by atoms with Crippen molar-refractivity contribution in [3.05, 3.63) is 0 Å². The minimum absolute atomic E-state index is 0.0297. The first kappa shape index (κ1) is 19.8. The van der Waals surface area contributed by atoms with E-state index in [2.05, 4.69) is 10.6 Å². The number of alkyl carbamates (subject to hydrolysis) is 1. The van der Waals surface area contributed by atoms with Gasteiger partial charge in [0.15, 0.2) is 11.5 Å². The van der Waals surface area contributed by atoms with Gasteiger partial charge in [-0.3, -0.25) is 5.32 Å². The van der Waals surface area contributed by atoms with E-state index >= 15 is 0 Å². The van der Waals surface area contributed by atoms with Gasteiger partial charge in [-0.05, 0) is 34.6 Å². The zero-order valence-electron chi connectivity index (χ0n) is 16.1. The normalized spacial score (nSPS) is 38.1. The minimum atomic E-state index is -0.880. The van der Waals surface area contributed by atoms with E-state index in [1.165, 1.54) is 0 Å². The highest BCUT2D eigenvalue weighted by Crippen LogP contribution is 2.48. The lowest BCUT2D eigenvalue weighted by molar-refractivity contribution is -0.338.